The number of benzene rings is 1. The van der Waals surface area contributed by atoms with E-state index in [9.17, 15) is 4.79 Å². The molecule has 1 aromatic rings. The molecule has 17 heavy (non-hydrogen) atoms. The average molecular weight is 235 g/mol. The van der Waals surface area contributed by atoms with Crippen molar-refractivity contribution in [3.8, 4) is 0 Å². The van der Waals surface area contributed by atoms with Gasteiger partial charge in [-0.15, -0.1) is 0 Å². The van der Waals surface area contributed by atoms with Gasteiger partial charge in [0.25, 0.3) is 0 Å². The molecule has 0 radical (unpaired) electrons. The average Bonchev–Trinajstić information content (AvgIpc) is 2.30. The minimum atomic E-state index is -0.289. The van der Waals surface area contributed by atoms with Crippen LogP contribution >= 0.6 is 0 Å². The van der Waals surface area contributed by atoms with E-state index in [-0.39, 0.29) is 5.97 Å². The zero-order valence-corrected chi connectivity index (χ0v) is 11.2. The molecule has 0 heterocycles. The molecule has 0 saturated heterocycles. The normalized spacial score (nSPS) is 12.4. The van der Waals surface area contributed by atoms with Crippen LogP contribution in [0.15, 0.2) is 18.2 Å². The minimum absolute atomic E-state index is 0.289. The molecule has 0 bridgehead atoms. The fourth-order valence-corrected chi connectivity index (χ4v) is 1.54. The van der Waals surface area contributed by atoms with Crippen LogP contribution in [0.3, 0.4) is 0 Å². The second-order valence-electron chi connectivity index (χ2n) is 4.65. The van der Waals surface area contributed by atoms with Gasteiger partial charge in [-0.2, -0.15) is 0 Å². The number of methoxy groups -OCH3 is 1. The molecule has 1 N–H and O–H groups in total. The summed E-state index contributed by atoms with van der Waals surface area (Å²) < 4.78 is 4.76. The Morgan fingerprint density at radius 3 is 2.47 bits per heavy atom. The molecule has 0 spiro atoms. The molecule has 1 rings (SSSR count). The van der Waals surface area contributed by atoms with E-state index >= 15 is 0 Å². The highest BCUT2D eigenvalue weighted by molar-refractivity contribution is 5.92. The third-order valence-electron chi connectivity index (χ3n) is 3.12. The first-order chi connectivity index (χ1) is 7.97. The van der Waals surface area contributed by atoms with Crippen LogP contribution < -0.4 is 5.32 Å². The maximum Gasteiger partial charge on any atom is 0.338 e. The Morgan fingerprint density at radius 1 is 1.29 bits per heavy atom. The van der Waals surface area contributed by atoms with Crippen molar-refractivity contribution in [2.75, 3.05) is 12.4 Å². The van der Waals surface area contributed by atoms with E-state index in [1.807, 2.05) is 19.1 Å². The lowest BCUT2D eigenvalue weighted by Gasteiger charge is -2.21. The van der Waals surface area contributed by atoms with Crippen LogP contribution in [0.2, 0.25) is 0 Å². The summed E-state index contributed by atoms with van der Waals surface area (Å²) in [6, 6.07) is 6.00. The van der Waals surface area contributed by atoms with E-state index in [0.29, 0.717) is 17.5 Å². The van der Waals surface area contributed by atoms with Gasteiger partial charge in [0.15, 0.2) is 0 Å². The van der Waals surface area contributed by atoms with Crippen LogP contribution in [0.25, 0.3) is 0 Å². The zero-order valence-electron chi connectivity index (χ0n) is 11.2. The summed E-state index contributed by atoms with van der Waals surface area (Å²) in [6.07, 6.45) is 0. The number of carbonyl (C=O) groups is 1. The molecule has 0 fully saturated rings. The van der Waals surface area contributed by atoms with E-state index in [1.54, 1.807) is 6.07 Å². The zero-order chi connectivity index (χ0) is 13.0. The lowest BCUT2D eigenvalue weighted by molar-refractivity contribution is 0.0600. The predicted molar refractivity (Wildman–Crippen MR) is 70.4 cm³/mol. The van der Waals surface area contributed by atoms with Crippen LogP contribution in [-0.2, 0) is 4.74 Å². The number of anilines is 1. The molecule has 0 aromatic heterocycles. The summed E-state index contributed by atoms with van der Waals surface area (Å²) in [5.74, 6) is 0.250. The van der Waals surface area contributed by atoms with Crippen LogP contribution in [-0.4, -0.2) is 19.1 Å². The summed E-state index contributed by atoms with van der Waals surface area (Å²) in [5.41, 5.74) is 2.55. The van der Waals surface area contributed by atoms with E-state index < -0.39 is 0 Å². The number of ether oxygens (including phenoxy) is 1. The van der Waals surface area contributed by atoms with E-state index in [2.05, 4.69) is 26.1 Å². The summed E-state index contributed by atoms with van der Waals surface area (Å²) >= 11 is 0. The van der Waals surface area contributed by atoms with E-state index in [0.717, 1.165) is 11.3 Å². The first kappa shape index (κ1) is 13.6. The first-order valence-electron chi connectivity index (χ1n) is 5.91. The van der Waals surface area contributed by atoms with Gasteiger partial charge in [-0.1, -0.05) is 19.9 Å². The van der Waals surface area contributed by atoms with Crippen molar-refractivity contribution in [3.05, 3.63) is 29.3 Å². The first-order valence-corrected chi connectivity index (χ1v) is 5.91. The second-order valence-corrected chi connectivity index (χ2v) is 4.65. The van der Waals surface area contributed by atoms with Crippen LogP contribution in [0.1, 0.15) is 36.7 Å². The van der Waals surface area contributed by atoms with Crippen molar-refractivity contribution in [1.29, 1.82) is 0 Å². The Hall–Kier alpha value is -1.51. The molecule has 0 aliphatic heterocycles. The SMILES string of the molecule is COC(=O)c1cccc(NC(C)C(C)C)c1C. The van der Waals surface area contributed by atoms with Crippen LogP contribution in [0.5, 0.6) is 0 Å². The van der Waals surface area contributed by atoms with Crippen molar-refractivity contribution in [3.63, 3.8) is 0 Å². The molecule has 3 heteroatoms. The number of rotatable bonds is 4. The van der Waals surface area contributed by atoms with Gasteiger partial charge in [0.1, 0.15) is 0 Å². The fraction of sp³-hybridized carbons (Fsp3) is 0.500. The minimum Gasteiger partial charge on any atom is -0.465 e. The third kappa shape index (κ3) is 3.22. The fourth-order valence-electron chi connectivity index (χ4n) is 1.54. The Morgan fingerprint density at radius 2 is 1.94 bits per heavy atom. The van der Waals surface area contributed by atoms with E-state index in [1.165, 1.54) is 7.11 Å². The standard InChI is InChI=1S/C14H21NO2/c1-9(2)11(4)15-13-8-6-7-12(10(13)3)14(16)17-5/h6-9,11,15H,1-5H3. The van der Waals surface area contributed by atoms with Gasteiger partial charge in [-0.05, 0) is 37.5 Å². The monoisotopic (exact) mass is 235 g/mol. The van der Waals surface area contributed by atoms with Gasteiger partial charge in [-0.3, -0.25) is 0 Å². The molecule has 94 valence electrons. The van der Waals surface area contributed by atoms with E-state index in [4.69, 9.17) is 4.74 Å². The lowest BCUT2D eigenvalue weighted by Crippen LogP contribution is -2.22. The van der Waals surface area contributed by atoms with Gasteiger partial charge in [0, 0.05) is 11.7 Å². The highest BCUT2D eigenvalue weighted by Gasteiger charge is 2.13. The van der Waals surface area contributed by atoms with Gasteiger partial charge in [0.2, 0.25) is 0 Å². The molecule has 1 atom stereocenters. The van der Waals surface area contributed by atoms with Crippen molar-refractivity contribution >= 4 is 11.7 Å². The number of hydrogen-bond acceptors (Lipinski definition) is 3. The Bertz CT molecular complexity index is 399. The summed E-state index contributed by atoms with van der Waals surface area (Å²) in [4.78, 5) is 11.6. The summed E-state index contributed by atoms with van der Waals surface area (Å²) in [5, 5.41) is 3.42. The quantitative estimate of drug-likeness (QED) is 0.814. The highest BCUT2D eigenvalue weighted by atomic mass is 16.5. The number of hydrogen-bond donors (Lipinski definition) is 1. The molecule has 0 aliphatic rings. The largest absolute Gasteiger partial charge is 0.465 e. The van der Waals surface area contributed by atoms with Gasteiger partial charge < -0.3 is 10.1 Å². The van der Waals surface area contributed by atoms with Gasteiger partial charge >= 0.3 is 5.97 Å². The Balaban J connectivity index is 2.98. The molecule has 0 amide bonds. The molecular formula is C14H21NO2. The Labute approximate surface area is 103 Å². The molecule has 3 nitrogen and oxygen atoms in total. The van der Waals surface area contributed by atoms with Gasteiger partial charge in [0.05, 0.1) is 12.7 Å². The highest BCUT2D eigenvalue weighted by Crippen LogP contribution is 2.21. The topological polar surface area (TPSA) is 38.3 Å². The maximum atomic E-state index is 11.6. The number of nitrogens with one attached hydrogen (secondary N) is 1. The second kappa shape index (κ2) is 5.71. The number of carbonyl (C=O) groups excluding carboxylic acids is 1. The maximum absolute atomic E-state index is 11.6. The number of esters is 1. The lowest BCUT2D eigenvalue weighted by atomic mass is 10.0. The summed E-state index contributed by atoms with van der Waals surface area (Å²) in [6.45, 7) is 8.39. The molecule has 1 unspecified atom stereocenters. The molecule has 1 aromatic carbocycles. The van der Waals surface area contributed by atoms with Crippen LogP contribution in [0, 0.1) is 12.8 Å². The van der Waals surface area contributed by atoms with Gasteiger partial charge in [-0.25, -0.2) is 4.79 Å². The van der Waals surface area contributed by atoms with Crippen molar-refractivity contribution in [1.82, 2.24) is 0 Å². The predicted octanol–water partition coefficient (Wildman–Crippen LogP) is 3.24. The van der Waals surface area contributed by atoms with Crippen molar-refractivity contribution < 1.29 is 9.53 Å². The van der Waals surface area contributed by atoms with Crippen molar-refractivity contribution in [2.24, 2.45) is 5.92 Å². The van der Waals surface area contributed by atoms with Crippen LogP contribution in [0.4, 0.5) is 5.69 Å². The molecule has 0 saturated carbocycles. The smallest absolute Gasteiger partial charge is 0.338 e. The molecule has 0 aliphatic carbocycles. The molecular weight excluding hydrogens is 214 g/mol. The Kier molecular flexibility index (Phi) is 4.55. The third-order valence-corrected chi connectivity index (χ3v) is 3.12. The summed E-state index contributed by atoms with van der Waals surface area (Å²) in [7, 11) is 1.40. The van der Waals surface area contributed by atoms with Crippen molar-refractivity contribution in [2.45, 2.75) is 33.7 Å².